The van der Waals surface area contributed by atoms with Crippen molar-refractivity contribution >= 4 is 17.7 Å². The average molecular weight is 246 g/mol. The maximum absolute atomic E-state index is 5.52. The highest BCUT2D eigenvalue weighted by atomic mass is 32.2. The molecule has 1 aliphatic rings. The molecule has 2 unspecified atom stereocenters. The molecule has 5 nitrogen and oxygen atoms in total. The van der Waals surface area contributed by atoms with Crippen molar-refractivity contribution in [1.82, 2.24) is 10.3 Å². The van der Waals surface area contributed by atoms with E-state index in [1.165, 1.54) is 0 Å². The van der Waals surface area contributed by atoms with Crippen LogP contribution >= 0.6 is 11.8 Å². The first kappa shape index (κ1) is 13.6. The van der Waals surface area contributed by atoms with E-state index in [4.69, 9.17) is 10.6 Å². The molecule has 0 bridgehead atoms. The van der Waals surface area contributed by atoms with Crippen LogP contribution in [-0.4, -0.2) is 54.7 Å². The van der Waals surface area contributed by atoms with Crippen molar-refractivity contribution < 1.29 is 4.74 Å². The molecule has 1 aliphatic heterocycles. The lowest BCUT2D eigenvalue weighted by atomic mass is 10.3. The molecular weight excluding hydrogens is 224 g/mol. The fourth-order valence-corrected chi connectivity index (χ4v) is 2.72. The molecule has 2 atom stereocenters. The molecule has 0 aliphatic carbocycles. The summed E-state index contributed by atoms with van der Waals surface area (Å²) in [6.45, 7) is 6.85. The number of nitrogens with two attached hydrogens (primary N) is 1. The van der Waals surface area contributed by atoms with Crippen LogP contribution in [0.3, 0.4) is 0 Å². The van der Waals surface area contributed by atoms with Gasteiger partial charge in [-0.25, -0.2) is 10.8 Å². The minimum atomic E-state index is 0.126. The van der Waals surface area contributed by atoms with Crippen molar-refractivity contribution in [1.29, 1.82) is 0 Å². The number of aliphatic imine (C=N–C) groups is 1. The number of thioether (sulfide) groups is 1. The van der Waals surface area contributed by atoms with Gasteiger partial charge in [-0.1, -0.05) is 6.92 Å². The number of rotatable bonds is 3. The van der Waals surface area contributed by atoms with Crippen molar-refractivity contribution in [3.63, 3.8) is 0 Å². The van der Waals surface area contributed by atoms with Gasteiger partial charge < -0.3 is 9.64 Å². The fraction of sp³-hybridized carbons (Fsp3) is 0.900. The van der Waals surface area contributed by atoms with Crippen LogP contribution in [0, 0.1) is 0 Å². The van der Waals surface area contributed by atoms with E-state index in [-0.39, 0.29) is 6.04 Å². The van der Waals surface area contributed by atoms with E-state index in [0.717, 1.165) is 24.8 Å². The first-order valence-electron chi connectivity index (χ1n) is 5.57. The molecule has 1 rings (SSSR count). The summed E-state index contributed by atoms with van der Waals surface area (Å²) in [5.41, 5.74) is 2.69. The topological polar surface area (TPSA) is 62.9 Å². The van der Waals surface area contributed by atoms with Crippen LogP contribution in [0.5, 0.6) is 0 Å². The van der Waals surface area contributed by atoms with Crippen molar-refractivity contribution in [3.05, 3.63) is 0 Å². The molecule has 16 heavy (non-hydrogen) atoms. The predicted molar refractivity (Wildman–Crippen MR) is 69.6 cm³/mol. The molecule has 0 radical (unpaired) electrons. The van der Waals surface area contributed by atoms with Gasteiger partial charge in [0.2, 0.25) is 5.96 Å². The Morgan fingerprint density at radius 2 is 2.50 bits per heavy atom. The molecule has 1 heterocycles. The van der Waals surface area contributed by atoms with Crippen molar-refractivity contribution in [2.24, 2.45) is 10.8 Å². The summed E-state index contributed by atoms with van der Waals surface area (Å²) in [7, 11) is 1.68. The largest absolute Gasteiger partial charge is 0.382 e. The lowest BCUT2D eigenvalue weighted by molar-refractivity contribution is 0.185. The molecule has 0 aromatic heterocycles. The van der Waals surface area contributed by atoms with E-state index in [0.29, 0.717) is 11.9 Å². The van der Waals surface area contributed by atoms with E-state index in [2.05, 4.69) is 22.2 Å². The maximum Gasteiger partial charge on any atom is 0.208 e. The molecule has 94 valence electrons. The smallest absolute Gasteiger partial charge is 0.208 e. The molecule has 0 aromatic rings. The second-order valence-electron chi connectivity index (χ2n) is 4.03. The van der Waals surface area contributed by atoms with Gasteiger partial charge in [-0.2, -0.15) is 11.8 Å². The second-order valence-corrected chi connectivity index (χ2v) is 5.58. The lowest BCUT2D eigenvalue weighted by Gasteiger charge is -2.32. The van der Waals surface area contributed by atoms with Crippen LogP contribution in [-0.2, 0) is 4.74 Å². The molecule has 0 amide bonds. The van der Waals surface area contributed by atoms with Crippen molar-refractivity contribution in [2.45, 2.75) is 25.1 Å². The third-order valence-electron chi connectivity index (χ3n) is 2.42. The SMILES string of the molecule is COCC(C)N=C(NN)N1CCSC(C)C1. The first-order valence-corrected chi connectivity index (χ1v) is 6.62. The van der Waals surface area contributed by atoms with Crippen LogP contribution in [0.2, 0.25) is 0 Å². The monoisotopic (exact) mass is 246 g/mol. The standard InChI is InChI=1S/C10H22N4OS/c1-8(7-15-3)12-10(13-11)14-4-5-16-9(2)6-14/h8-9H,4-7,11H2,1-3H3,(H,12,13). The zero-order valence-corrected chi connectivity index (χ0v) is 11.1. The Balaban J connectivity index is 2.57. The summed E-state index contributed by atoms with van der Waals surface area (Å²) in [6.07, 6.45) is 0. The van der Waals surface area contributed by atoms with Gasteiger partial charge in [0, 0.05) is 31.2 Å². The summed E-state index contributed by atoms with van der Waals surface area (Å²) < 4.78 is 5.06. The highest BCUT2D eigenvalue weighted by Gasteiger charge is 2.19. The van der Waals surface area contributed by atoms with Crippen LogP contribution in [0.4, 0.5) is 0 Å². The number of hydrogen-bond acceptors (Lipinski definition) is 4. The van der Waals surface area contributed by atoms with Gasteiger partial charge in [-0.15, -0.1) is 0 Å². The van der Waals surface area contributed by atoms with Gasteiger partial charge >= 0.3 is 0 Å². The van der Waals surface area contributed by atoms with Gasteiger partial charge in [0.15, 0.2) is 0 Å². The molecule has 0 saturated carbocycles. The number of guanidine groups is 1. The number of ether oxygens (including phenoxy) is 1. The third kappa shape index (κ3) is 4.19. The van der Waals surface area contributed by atoms with Crippen LogP contribution in [0.25, 0.3) is 0 Å². The summed E-state index contributed by atoms with van der Waals surface area (Å²) in [4.78, 5) is 6.72. The number of nitrogens with one attached hydrogen (secondary N) is 1. The van der Waals surface area contributed by atoms with Gasteiger partial charge in [0.25, 0.3) is 0 Å². The van der Waals surface area contributed by atoms with Gasteiger partial charge in [0.05, 0.1) is 12.6 Å². The minimum Gasteiger partial charge on any atom is -0.382 e. The Kier molecular flexibility index (Phi) is 5.94. The van der Waals surface area contributed by atoms with Gasteiger partial charge in [0.1, 0.15) is 0 Å². The fourth-order valence-electron chi connectivity index (χ4n) is 1.71. The molecule has 6 heteroatoms. The zero-order valence-electron chi connectivity index (χ0n) is 10.3. The molecular formula is C10H22N4OS. The van der Waals surface area contributed by atoms with Crippen LogP contribution in [0.1, 0.15) is 13.8 Å². The highest BCUT2D eigenvalue weighted by molar-refractivity contribution is 7.99. The van der Waals surface area contributed by atoms with E-state index in [1.807, 2.05) is 18.7 Å². The highest BCUT2D eigenvalue weighted by Crippen LogP contribution is 2.17. The molecule has 0 spiro atoms. The quantitative estimate of drug-likeness (QED) is 0.324. The van der Waals surface area contributed by atoms with E-state index in [1.54, 1.807) is 7.11 Å². The Morgan fingerprint density at radius 3 is 3.06 bits per heavy atom. The Morgan fingerprint density at radius 1 is 1.75 bits per heavy atom. The first-order chi connectivity index (χ1) is 7.67. The third-order valence-corrected chi connectivity index (χ3v) is 3.56. The van der Waals surface area contributed by atoms with Crippen LogP contribution in [0.15, 0.2) is 4.99 Å². The summed E-state index contributed by atoms with van der Waals surface area (Å²) in [6, 6.07) is 0.126. The average Bonchev–Trinajstić information content (AvgIpc) is 2.26. The normalized spacial score (nSPS) is 24.4. The van der Waals surface area contributed by atoms with Crippen LogP contribution < -0.4 is 11.3 Å². The molecule has 1 saturated heterocycles. The Hall–Kier alpha value is -0.460. The molecule has 0 aromatic carbocycles. The van der Waals surface area contributed by atoms with E-state index >= 15 is 0 Å². The second kappa shape index (κ2) is 6.98. The Labute approximate surface area is 102 Å². The zero-order chi connectivity index (χ0) is 12.0. The minimum absolute atomic E-state index is 0.126. The molecule has 3 N–H and O–H groups in total. The van der Waals surface area contributed by atoms with E-state index in [9.17, 15) is 0 Å². The van der Waals surface area contributed by atoms with Gasteiger partial charge in [-0.3, -0.25) is 5.43 Å². The van der Waals surface area contributed by atoms with Gasteiger partial charge in [-0.05, 0) is 6.92 Å². The number of hydrogen-bond donors (Lipinski definition) is 2. The summed E-state index contributed by atoms with van der Waals surface area (Å²) >= 11 is 1.99. The van der Waals surface area contributed by atoms with Crippen molar-refractivity contribution in [3.8, 4) is 0 Å². The Bertz CT molecular complexity index is 237. The predicted octanol–water partition coefficient (Wildman–Crippen LogP) is 0.278. The van der Waals surface area contributed by atoms with Crippen molar-refractivity contribution in [2.75, 3.05) is 32.6 Å². The summed E-state index contributed by atoms with van der Waals surface area (Å²) in [5, 5.41) is 0.630. The van der Waals surface area contributed by atoms with E-state index < -0.39 is 0 Å². The maximum atomic E-state index is 5.52. The number of hydrazine groups is 1. The summed E-state index contributed by atoms with van der Waals surface area (Å²) in [5.74, 6) is 7.42. The number of methoxy groups -OCH3 is 1. The number of nitrogens with zero attached hydrogens (tertiary/aromatic N) is 2. The lowest BCUT2D eigenvalue weighted by Crippen LogP contribution is -2.50. The molecule has 1 fully saturated rings.